The molecule has 1 aromatic carbocycles. The summed E-state index contributed by atoms with van der Waals surface area (Å²) in [5, 5.41) is 10.4. The van der Waals surface area contributed by atoms with Crippen molar-refractivity contribution in [3.05, 3.63) is 24.4 Å². The summed E-state index contributed by atoms with van der Waals surface area (Å²) >= 11 is 0. The molecule has 7 nitrogen and oxygen atoms in total. The SMILES string of the molecule is COC(=O)Nc1cc(N)cc(-c2cn(C)nn2)c1. The molecule has 18 heavy (non-hydrogen) atoms. The molecule has 0 aliphatic rings. The number of nitrogens with one attached hydrogen (secondary N) is 1. The number of nitrogen functional groups attached to an aromatic ring is 1. The Balaban J connectivity index is 2.34. The molecule has 0 saturated carbocycles. The van der Waals surface area contributed by atoms with Crippen molar-refractivity contribution < 1.29 is 9.53 Å². The zero-order valence-electron chi connectivity index (χ0n) is 10.0. The van der Waals surface area contributed by atoms with Gasteiger partial charge in [0.15, 0.2) is 0 Å². The molecule has 2 aromatic rings. The molecule has 0 spiro atoms. The average Bonchev–Trinajstić information content (AvgIpc) is 2.75. The molecular weight excluding hydrogens is 234 g/mol. The van der Waals surface area contributed by atoms with E-state index >= 15 is 0 Å². The van der Waals surface area contributed by atoms with Crippen LogP contribution in [0.3, 0.4) is 0 Å². The van der Waals surface area contributed by atoms with Gasteiger partial charge in [-0.15, -0.1) is 5.10 Å². The molecule has 7 heteroatoms. The van der Waals surface area contributed by atoms with E-state index in [9.17, 15) is 4.79 Å². The summed E-state index contributed by atoms with van der Waals surface area (Å²) in [5.41, 5.74) is 8.29. The molecule has 0 aliphatic heterocycles. The molecule has 2 rings (SSSR count). The summed E-state index contributed by atoms with van der Waals surface area (Å²) in [6.45, 7) is 0. The van der Waals surface area contributed by atoms with Crippen molar-refractivity contribution in [3.8, 4) is 11.3 Å². The number of methoxy groups -OCH3 is 1. The number of benzene rings is 1. The van der Waals surface area contributed by atoms with Crippen LogP contribution in [0.25, 0.3) is 11.3 Å². The predicted octanol–water partition coefficient (Wildman–Crippen LogP) is 1.24. The number of aromatic nitrogens is 3. The van der Waals surface area contributed by atoms with Gasteiger partial charge in [-0.25, -0.2) is 4.79 Å². The number of amides is 1. The molecule has 1 aromatic heterocycles. The van der Waals surface area contributed by atoms with Crippen LogP contribution in [0, 0.1) is 0 Å². The van der Waals surface area contributed by atoms with Gasteiger partial charge < -0.3 is 10.5 Å². The van der Waals surface area contributed by atoms with Gasteiger partial charge in [-0.05, 0) is 18.2 Å². The molecule has 0 atom stereocenters. The maximum absolute atomic E-state index is 11.1. The number of carbonyl (C=O) groups is 1. The Bertz CT molecular complexity index is 579. The third-order valence-electron chi connectivity index (χ3n) is 2.29. The highest BCUT2D eigenvalue weighted by atomic mass is 16.5. The van der Waals surface area contributed by atoms with Gasteiger partial charge in [0.05, 0.1) is 13.3 Å². The van der Waals surface area contributed by atoms with E-state index in [1.54, 1.807) is 36.1 Å². The van der Waals surface area contributed by atoms with Gasteiger partial charge in [0.25, 0.3) is 0 Å². The fourth-order valence-electron chi connectivity index (χ4n) is 1.52. The molecule has 94 valence electrons. The smallest absolute Gasteiger partial charge is 0.411 e. The largest absolute Gasteiger partial charge is 0.453 e. The minimum atomic E-state index is -0.550. The molecule has 3 N–H and O–H groups in total. The highest BCUT2D eigenvalue weighted by molar-refractivity contribution is 5.86. The molecule has 0 fully saturated rings. The highest BCUT2D eigenvalue weighted by Gasteiger charge is 2.07. The van der Waals surface area contributed by atoms with Gasteiger partial charge in [0.2, 0.25) is 0 Å². The molecule has 0 aliphatic carbocycles. The number of hydrogen-bond acceptors (Lipinski definition) is 5. The number of nitrogens with zero attached hydrogens (tertiary/aromatic N) is 3. The number of aryl methyl sites for hydroxylation is 1. The first kappa shape index (κ1) is 11.9. The van der Waals surface area contributed by atoms with Crippen molar-refractivity contribution >= 4 is 17.5 Å². The van der Waals surface area contributed by atoms with Crippen molar-refractivity contribution in [3.63, 3.8) is 0 Å². The summed E-state index contributed by atoms with van der Waals surface area (Å²) in [6.07, 6.45) is 1.21. The minimum absolute atomic E-state index is 0.518. The predicted molar refractivity (Wildman–Crippen MR) is 66.9 cm³/mol. The fourth-order valence-corrected chi connectivity index (χ4v) is 1.52. The van der Waals surface area contributed by atoms with E-state index in [0.717, 1.165) is 5.56 Å². The number of rotatable bonds is 2. The van der Waals surface area contributed by atoms with E-state index in [1.807, 2.05) is 0 Å². The van der Waals surface area contributed by atoms with Gasteiger partial charge in [-0.1, -0.05) is 5.21 Å². The Hall–Kier alpha value is -2.57. The number of hydrogen-bond donors (Lipinski definition) is 2. The van der Waals surface area contributed by atoms with Crippen molar-refractivity contribution in [2.24, 2.45) is 7.05 Å². The van der Waals surface area contributed by atoms with Crippen LogP contribution in [0.2, 0.25) is 0 Å². The van der Waals surface area contributed by atoms with Crippen LogP contribution >= 0.6 is 0 Å². The quantitative estimate of drug-likeness (QED) is 0.778. The van der Waals surface area contributed by atoms with Crippen LogP contribution in [0.4, 0.5) is 16.2 Å². The highest BCUT2D eigenvalue weighted by Crippen LogP contribution is 2.24. The van der Waals surface area contributed by atoms with Gasteiger partial charge in [-0.3, -0.25) is 10.00 Å². The van der Waals surface area contributed by atoms with Crippen LogP contribution in [0.15, 0.2) is 24.4 Å². The van der Waals surface area contributed by atoms with Crippen molar-refractivity contribution in [2.45, 2.75) is 0 Å². The number of carbonyl (C=O) groups excluding carboxylic acids is 1. The van der Waals surface area contributed by atoms with E-state index in [0.29, 0.717) is 17.1 Å². The molecule has 0 bridgehead atoms. The number of nitrogens with two attached hydrogens (primary N) is 1. The third kappa shape index (κ3) is 2.57. The standard InChI is InChI=1S/C11H13N5O2/c1-16-6-10(14-15-16)7-3-8(12)5-9(4-7)13-11(17)18-2/h3-6H,12H2,1-2H3,(H,13,17). The molecule has 0 radical (unpaired) electrons. The van der Waals surface area contributed by atoms with Crippen LogP contribution < -0.4 is 11.1 Å². The maximum atomic E-state index is 11.1. The maximum Gasteiger partial charge on any atom is 0.411 e. The fraction of sp³-hybridized carbons (Fsp3) is 0.182. The summed E-state index contributed by atoms with van der Waals surface area (Å²) < 4.78 is 6.11. The minimum Gasteiger partial charge on any atom is -0.453 e. The van der Waals surface area contributed by atoms with Crippen molar-refractivity contribution in [1.29, 1.82) is 0 Å². The second-order valence-electron chi connectivity index (χ2n) is 3.74. The topological polar surface area (TPSA) is 95.1 Å². The Morgan fingerprint density at radius 3 is 2.83 bits per heavy atom. The van der Waals surface area contributed by atoms with Gasteiger partial charge in [-0.2, -0.15) is 0 Å². The Morgan fingerprint density at radius 1 is 1.44 bits per heavy atom. The lowest BCUT2D eigenvalue weighted by atomic mass is 10.1. The lowest BCUT2D eigenvalue weighted by Crippen LogP contribution is -2.11. The van der Waals surface area contributed by atoms with Crippen molar-refractivity contribution in [2.75, 3.05) is 18.2 Å². The van der Waals surface area contributed by atoms with E-state index in [-0.39, 0.29) is 0 Å². The van der Waals surface area contributed by atoms with Crippen LogP contribution in [0.5, 0.6) is 0 Å². The van der Waals surface area contributed by atoms with E-state index in [4.69, 9.17) is 5.73 Å². The summed E-state index contributed by atoms with van der Waals surface area (Å²) in [5.74, 6) is 0. The zero-order valence-corrected chi connectivity index (χ0v) is 10.0. The monoisotopic (exact) mass is 247 g/mol. The first-order chi connectivity index (χ1) is 8.58. The van der Waals surface area contributed by atoms with E-state index in [2.05, 4.69) is 20.4 Å². The van der Waals surface area contributed by atoms with Crippen molar-refractivity contribution in [1.82, 2.24) is 15.0 Å². The summed E-state index contributed by atoms with van der Waals surface area (Å²) in [4.78, 5) is 11.1. The van der Waals surface area contributed by atoms with Crippen LogP contribution in [-0.2, 0) is 11.8 Å². The van der Waals surface area contributed by atoms with E-state index in [1.165, 1.54) is 7.11 Å². The molecule has 1 amide bonds. The van der Waals surface area contributed by atoms with Gasteiger partial charge in [0.1, 0.15) is 5.69 Å². The second-order valence-corrected chi connectivity index (χ2v) is 3.74. The van der Waals surface area contributed by atoms with E-state index < -0.39 is 6.09 Å². The van der Waals surface area contributed by atoms with Crippen LogP contribution in [-0.4, -0.2) is 28.2 Å². The Labute approximate surface area is 104 Å². The first-order valence-electron chi connectivity index (χ1n) is 5.20. The summed E-state index contributed by atoms with van der Waals surface area (Å²) in [7, 11) is 3.07. The third-order valence-corrected chi connectivity index (χ3v) is 2.29. The first-order valence-corrected chi connectivity index (χ1v) is 5.20. The molecule has 0 saturated heterocycles. The van der Waals surface area contributed by atoms with Crippen LogP contribution in [0.1, 0.15) is 0 Å². The zero-order chi connectivity index (χ0) is 13.1. The number of anilines is 2. The lowest BCUT2D eigenvalue weighted by Gasteiger charge is -2.06. The lowest BCUT2D eigenvalue weighted by molar-refractivity contribution is 0.187. The second kappa shape index (κ2) is 4.74. The Kier molecular flexibility index (Phi) is 3.13. The normalized spacial score (nSPS) is 10.1. The molecule has 0 unspecified atom stereocenters. The average molecular weight is 247 g/mol. The molecule has 1 heterocycles. The molecular formula is C11H13N5O2. The van der Waals surface area contributed by atoms with Gasteiger partial charge in [0, 0.05) is 24.0 Å². The summed E-state index contributed by atoms with van der Waals surface area (Å²) in [6, 6.07) is 5.14. The van der Waals surface area contributed by atoms with Gasteiger partial charge >= 0.3 is 6.09 Å². The Morgan fingerprint density at radius 2 is 2.22 bits per heavy atom. The number of ether oxygens (including phenoxy) is 1.